The largest absolute Gasteiger partial charge is 0.496 e. The smallest absolute Gasteiger partial charge is 0.145 e. The van der Waals surface area contributed by atoms with Gasteiger partial charge < -0.3 is 14.8 Å². The van der Waals surface area contributed by atoms with E-state index >= 15 is 0 Å². The molecule has 0 saturated carbocycles. The molecule has 90 valence electrons. The highest BCUT2D eigenvalue weighted by Gasteiger charge is 2.13. The van der Waals surface area contributed by atoms with Crippen molar-refractivity contribution in [3.05, 3.63) is 17.2 Å². The Morgan fingerprint density at radius 2 is 1.88 bits per heavy atom. The maximum absolute atomic E-state index is 5.41. The van der Waals surface area contributed by atoms with Crippen LogP contribution >= 0.6 is 12.6 Å². The number of ether oxygens (including phenoxy) is 2. The first kappa shape index (κ1) is 13.0. The van der Waals surface area contributed by atoms with Gasteiger partial charge in [-0.05, 0) is 25.0 Å². The van der Waals surface area contributed by atoms with E-state index in [2.05, 4.69) is 17.9 Å². The number of hydrogen-bond donors (Lipinski definition) is 2. The first-order valence-corrected chi connectivity index (χ1v) is 5.85. The molecule has 0 amide bonds. The van der Waals surface area contributed by atoms with E-state index in [-0.39, 0.29) is 0 Å². The second-order valence-corrected chi connectivity index (χ2v) is 4.01. The van der Waals surface area contributed by atoms with Crippen molar-refractivity contribution in [2.75, 3.05) is 31.8 Å². The summed E-state index contributed by atoms with van der Waals surface area (Å²) >= 11 is 4.17. The first-order valence-electron chi connectivity index (χ1n) is 5.22. The molecule has 0 aliphatic carbocycles. The van der Waals surface area contributed by atoms with Crippen molar-refractivity contribution in [3.8, 4) is 11.5 Å². The number of nitrogens with one attached hydrogen (secondary N) is 1. The number of thiol groups is 1. The molecule has 4 heteroatoms. The van der Waals surface area contributed by atoms with Gasteiger partial charge in [-0.25, -0.2) is 0 Å². The third-order valence-electron chi connectivity index (χ3n) is 2.64. The Hall–Kier alpha value is -1.03. The lowest BCUT2D eigenvalue weighted by atomic mass is 10.1. The van der Waals surface area contributed by atoms with E-state index in [1.807, 2.05) is 19.9 Å². The van der Waals surface area contributed by atoms with E-state index in [0.717, 1.165) is 40.6 Å². The average Bonchev–Trinajstić information content (AvgIpc) is 2.30. The minimum absolute atomic E-state index is 0.776. The van der Waals surface area contributed by atoms with Gasteiger partial charge in [0.15, 0.2) is 0 Å². The van der Waals surface area contributed by atoms with Crippen LogP contribution in [0.1, 0.15) is 11.1 Å². The normalized spacial score (nSPS) is 10.1. The molecule has 0 fully saturated rings. The van der Waals surface area contributed by atoms with Crippen LogP contribution in [0.2, 0.25) is 0 Å². The Morgan fingerprint density at radius 3 is 2.38 bits per heavy atom. The summed E-state index contributed by atoms with van der Waals surface area (Å²) in [5.74, 6) is 2.53. The van der Waals surface area contributed by atoms with Crippen molar-refractivity contribution < 1.29 is 9.47 Å². The predicted octanol–water partition coefficient (Wildman–Crippen LogP) is 2.66. The molecule has 0 aliphatic rings. The van der Waals surface area contributed by atoms with Crippen LogP contribution in [0.4, 0.5) is 5.69 Å². The van der Waals surface area contributed by atoms with Gasteiger partial charge in [0, 0.05) is 18.4 Å². The zero-order valence-corrected chi connectivity index (χ0v) is 11.1. The van der Waals surface area contributed by atoms with Crippen LogP contribution in [0.15, 0.2) is 6.07 Å². The standard InChI is InChI=1S/C12H19NO2S/c1-8-9(2)12(15-4)10(13-5-6-16)7-11(8)14-3/h7,13,16H,5-6H2,1-4H3. The summed E-state index contributed by atoms with van der Waals surface area (Å²) in [5, 5.41) is 3.28. The van der Waals surface area contributed by atoms with Gasteiger partial charge in [0.2, 0.25) is 0 Å². The summed E-state index contributed by atoms with van der Waals surface area (Å²) in [5.41, 5.74) is 3.16. The lowest BCUT2D eigenvalue weighted by Gasteiger charge is -2.17. The van der Waals surface area contributed by atoms with E-state index in [0.29, 0.717) is 0 Å². The van der Waals surface area contributed by atoms with Gasteiger partial charge in [0.1, 0.15) is 11.5 Å². The van der Waals surface area contributed by atoms with Gasteiger partial charge in [-0.2, -0.15) is 12.6 Å². The first-order chi connectivity index (χ1) is 7.65. The third-order valence-corrected chi connectivity index (χ3v) is 2.87. The van der Waals surface area contributed by atoms with Gasteiger partial charge in [-0.1, -0.05) is 0 Å². The molecule has 1 aromatic carbocycles. The van der Waals surface area contributed by atoms with Crippen LogP contribution in [0, 0.1) is 13.8 Å². The molecule has 0 aliphatic heterocycles. The fourth-order valence-corrected chi connectivity index (χ4v) is 1.77. The number of hydrogen-bond acceptors (Lipinski definition) is 4. The Morgan fingerprint density at radius 1 is 1.19 bits per heavy atom. The topological polar surface area (TPSA) is 30.5 Å². The second kappa shape index (κ2) is 5.89. The SMILES string of the molecule is COc1cc(NCCS)c(OC)c(C)c1C. The Labute approximate surface area is 103 Å². The second-order valence-electron chi connectivity index (χ2n) is 3.56. The minimum Gasteiger partial charge on any atom is -0.496 e. The lowest BCUT2D eigenvalue weighted by Crippen LogP contribution is -2.06. The maximum Gasteiger partial charge on any atom is 0.145 e. The summed E-state index contributed by atoms with van der Waals surface area (Å²) in [6.07, 6.45) is 0. The fraction of sp³-hybridized carbons (Fsp3) is 0.500. The van der Waals surface area contributed by atoms with Crippen molar-refractivity contribution in [1.82, 2.24) is 0 Å². The molecule has 16 heavy (non-hydrogen) atoms. The van der Waals surface area contributed by atoms with Crippen LogP contribution in [-0.2, 0) is 0 Å². The van der Waals surface area contributed by atoms with Crippen molar-refractivity contribution in [3.63, 3.8) is 0 Å². The molecule has 0 spiro atoms. The van der Waals surface area contributed by atoms with Crippen molar-refractivity contribution in [2.45, 2.75) is 13.8 Å². The molecule has 1 aromatic rings. The van der Waals surface area contributed by atoms with E-state index < -0.39 is 0 Å². The molecule has 0 bridgehead atoms. The molecule has 0 saturated heterocycles. The Balaban J connectivity index is 3.18. The van der Waals surface area contributed by atoms with Gasteiger partial charge in [0.05, 0.1) is 19.9 Å². The number of rotatable bonds is 5. The average molecular weight is 241 g/mol. The maximum atomic E-state index is 5.41. The quantitative estimate of drug-likeness (QED) is 0.777. The number of benzene rings is 1. The van der Waals surface area contributed by atoms with Crippen LogP contribution in [0.25, 0.3) is 0 Å². The van der Waals surface area contributed by atoms with Crippen molar-refractivity contribution >= 4 is 18.3 Å². The van der Waals surface area contributed by atoms with Gasteiger partial charge in [-0.3, -0.25) is 0 Å². The highest BCUT2D eigenvalue weighted by atomic mass is 32.1. The fourth-order valence-electron chi connectivity index (χ4n) is 1.66. The van der Waals surface area contributed by atoms with E-state index in [4.69, 9.17) is 9.47 Å². The summed E-state index contributed by atoms with van der Waals surface area (Å²) in [6.45, 7) is 4.85. The van der Waals surface area contributed by atoms with Crippen molar-refractivity contribution in [1.29, 1.82) is 0 Å². The van der Waals surface area contributed by atoms with E-state index in [1.54, 1.807) is 14.2 Å². The van der Waals surface area contributed by atoms with E-state index in [9.17, 15) is 0 Å². The minimum atomic E-state index is 0.776. The molecule has 3 nitrogen and oxygen atoms in total. The van der Waals surface area contributed by atoms with Crippen molar-refractivity contribution in [2.24, 2.45) is 0 Å². The summed E-state index contributed by atoms with van der Waals surface area (Å²) in [4.78, 5) is 0. The Kier molecular flexibility index (Phi) is 4.80. The molecule has 0 radical (unpaired) electrons. The highest BCUT2D eigenvalue weighted by molar-refractivity contribution is 7.80. The predicted molar refractivity (Wildman–Crippen MR) is 71.4 cm³/mol. The van der Waals surface area contributed by atoms with Crippen LogP contribution < -0.4 is 14.8 Å². The van der Waals surface area contributed by atoms with Crippen LogP contribution in [-0.4, -0.2) is 26.5 Å². The Bertz CT molecular complexity index is 367. The summed E-state index contributed by atoms with van der Waals surface area (Å²) < 4.78 is 10.7. The lowest BCUT2D eigenvalue weighted by molar-refractivity contribution is 0.399. The summed E-state index contributed by atoms with van der Waals surface area (Å²) in [6, 6.07) is 1.96. The van der Waals surface area contributed by atoms with Gasteiger partial charge in [-0.15, -0.1) is 0 Å². The van der Waals surface area contributed by atoms with Gasteiger partial charge >= 0.3 is 0 Å². The number of anilines is 1. The van der Waals surface area contributed by atoms with E-state index in [1.165, 1.54) is 0 Å². The highest BCUT2D eigenvalue weighted by Crippen LogP contribution is 2.36. The zero-order valence-electron chi connectivity index (χ0n) is 10.3. The summed E-state index contributed by atoms with van der Waals surface area (Å²) in [7, 11) is 3.36. The third kappa shape index (κ3) is 2.55. The van der Waals surface area contributed by atoms with Crippen LogP contribution in [0.3, 0.4) is 0 Å². The molecule has 0 heterocycles. The molecule has 0 unspecified atom stereocenters. The monoisotopic (exact) mass is 241 g/mol. The molecule has 1 N–H and O–H groups in total. The molecule has 0 aromatic heterocycles. The number of methoxy groups -OCH3 is 2. The van der Waals surface area contributed by atoms with Gasteiger partial charge in [0.25, 0.3) is 0 Å². The van der Waals surface area contributed by atoms with Crippen LogP contribution in [0.5, 0.6) is 11.5 Å². The molecule has 0 atom stereocenters. The molecular weight excluding hydrogens is 222 g/mol. The zero-order chi connectivity index (χ0) is 12.1. The molecular formula is C12H19NO2S. The molecule has 1 rings (SSSR count).